The molecule has 0 bridgehead atoms. The summed E-state index contributed by atoms with van der Waals surface area (Å²) in [4.78, 5) is 21.0. The van der Waals surface area contributed by atoms with E-state index in [0.29, 0.717) is 26.1 Å². The van der Waals surface area contributed by atoms with Crippen LogP contribution in [-0.2, 0) is 9.59 Å². The van der Waals surface area contributed by atoms with Gasteiger partial charge in [-0.25, -0.2) is 0 Å². The molecular formula is C11H17F6N3O2. The fourth-order valence-electron chi connectivity index (χ4n) is 1.47. The molecule has 2 amide bonds. The van der Waals surface area contributed by atoms with Gasteiger partial charge in [0.2, 0.25) is 0 Å². The van der Waals surface area contributed by atoms with Crippen molar-refractivity contribution in [3.63, 3.8) is 0 Å². The maximum absolute atomic E-state index is 12.2. The van der Waals surface area contributed by atoms with E-state index in [1.807, 2.05) is 0 Å². The Morgan fingerprint density at radius 2 is 1.32 bits per heavy atom. The first-order chi connectivity index (χ1) is 10.0. The zero-order valence-corrected chi connectivity index (χ0v) is 11.6. The van der Waals surface area contributed by atoms with Crippen molar-refractivity contribution in [1.82, 2.24) is 10.2 Å². The number of unbranched alkanes of at least 4 members (excludes halogenated alkanes) is 1. The summed E-state index contributed by atoms with van der Waals surface area (Å²) in [5.74, 6) is -5.63. The van der Waals surface area contributed by atoms with Crippen LogP contribution in [-0.4, -0.2) is 55.2 Å². The number of carbonyl (C=O) groups is 2. The molecule has 0 aliphatic heterocycles. The summed E-state index contributed by atoms with van der Waals surface area (Å²) in [6.07, 6.45) is -10.4. The minimum Gasteiger partial charge on any atom is -0.330 e. The zero-order chi connectivity index (χ0) is 17.4. The SMILES string of the molecule is NCCCNCCCCN(C(=O)C(F)(F)F)C(=O)C(F)(F)F. The van der Waals surface area contributed by atoms with Gasteiger partial charge in [0.1, 0.15) is 0 Å². The zero-order valence-electron chi connectivity index (χ0n) is 11.6. The summed E-state index contributed by atoms with van der Waals surface area (Å²) in [5.41, 5.74) is 5.22. The molecule has 0 rings (SSSR count). The highest BCUT2D eigenvalue weighted by Crippen LogP contribution is 2.24. The van der Waals surface area contributed by atoms with E-state index in [1.54, 1.807) is 0 Å². The quantitative estimate of drug-likeness (QED) is 0.515. The lowest BCUT2D eigenvalue weighted by molar-refractivity contribution is -0.204. The lowest BCUT2D eigenvalue weighted by Crippen LogP contribution is -2.50. The second kappa shape index (κ2) is 8.93. The average Bonchev–Trinajstić information content (AvgIpc) is 2.38. The first kappa shape index (κ1) is 20.6. The number of amides is 2. The van der Waals surface area contributed by atoms with Gasteiger partial charge in [-0.05, 0) is 38.9 Å². The number of hydrogen-bond acceptors (Lipinski definition) is 4. The number of carbonyl (C=O) groups excluding carboxylic acids is 2. The highest BCUT2D eigenvalue weighted by atomic mass is 19.4. The minimum absolute atomic E-state index is 0.181. The third kappa shape index (κ3) is 7.59. The predicted octanol–water partition coefficient (Wildman–Crippen LogP) is 1.18. The summed E-state index contributed by atoms with van der Waals surface area (Å²) in [6, 6.07) is 0. The second-order valence-corrected chi connectivity index (χ2v) is 4.36. The molecule has 130 valence electrons. The second-order valence-electron chi connectivity index (χ2n) is 4.36. The Bertz CT molecular complexity index is 344. The fraction of sp³-hybridized carbons (Fsp3) is 0.818. The van der Waals surface area contributed by atoms with Gasteiger partial charge in [0, 0.05) is 6.54 Å². The summed E-state index contributed by atoms with van der Waals surface area (Å²) < 4.78 is 73.4. The average molecular weight is 337 g/mol. The van der Waals surface area contributed by atoms with Gasteiger partial charge in [-0.3, -0.25) is 14.5 Å². The van der Waals surface area contributed by atoms with E-state index in [0.717, 1.165) is 0 Å². The molecule has 11 heteroatoms. The smallest absolute Gasteiger partial charge is 0.330 e. The van der Waals surface area contributed by atoms with Crippen molar-refractivity contribution in [2.45, 2.75) is 31.6 Å². The molecule has 0 aliphatic carbocycles. The maximum atomic E-state index is 12.2. The van der Waals surface area contributed by atoms with Gasteiger partial charge in [-0.1, -0.05) is 0 Å². The van der Waals surface area contributed by atoms with Crippen LogP contribution in [0.15, 0.2) is 0 Å². The Morgan fingerprint density at radius 1 is 0.864 bits per heavy atom. The lowest BCUT2D eigenvalue weighted by Gasteiger charge is -2.22. The van der Waals surface area contributed by atoms with E-state index in [2.05, 4.69) is 5.32 Å². The van der Waals surface area contributed by atoms with Crippen LogP contribution in [0.3, 0.4) is 0 Å². The van der Waals surface area contributed by atoms with Crippen molar-refractivity contribution in [1.29, 1.82) is 0 Å². The van der Waals surface area contributed by atoms with Gasteiger partial charge in [0.05, 0.1) is 0 Å². The van der Waals surface area contributed by atoms with Gasteiger partial charge < -0.3 is 11.1 Å². The molecular weight excluding hydrogens is 320 g/mol. The topological polar surface area (TPSA) is 75.4 Å². The van der Waals surface area contributed by atoms with Crippen LogP contribution >= 0.6 is 0 Å². The van der Waals surface area contributed by atoms with Crippen molar-refractivity contribution >= 4 is 11.8 Å². The number of hydrogen-bond donors (Lipinski definition) is 2. The Hall–Kier alpha value is -1.36. The van der Waals surface area contributed by atoms with E-state index in [4.69, 9.17) is 5.73 Å². The largest absolute Gasteiger partial charge is 0.471 e. The summed E-state index contributed by atoms with van der Waals surface area (Å²) in [7, 11) is 0. The van der Waals surface area contributed by atoms with E-state index < -0.39 is 35.6 Å². The Kier molecular flexibility index (Phi) is 8.38. The molecule has 0 radical (unpaired) electrons. The van der Waals surface area contributed by atoms with E-state index in [-0.39, 0.29) is 12.8 Å². The molecule has 0 saturated heterocycles. The van der Waals surface area contributed by atoms with E-state index >= 15 is 0 Å². The van der Waals surface area contributed by atoms with Crippen molar-refractivity contribution in [2.75, 3.05) is 26.2 Å². The first-order valence-corrected chi connectivity index (χ1v) is 6.42. The van der Waals surface area contributed by atoms with Crippen molar-refractivity contribution < 1.29 is 35.9 Å². The normalized spacial score (nSPS) is 12.3. The molecule has 0 spiro atoms. The van der Waals surface area contributed by atoms with Gasteiger partial charge in [-0.2, -0.15) is 26.3 Å². The summed E-state index contributed by atoms with van der Waals surface area (Å²) in [5, 5.41) is 2.87. The number of nitrogens with two attached hydrogens (primary N) is 1. The molecule has 0 unspecified atom stereocenters. The van der Waals surface area contributed by atoms with Crippen LogP contribution in [0, 0.1) is 0 Å². The summed E-state index contributed by atoms with van der Waals surface area (Å²) in [6.45, 7) is 0.383. The number of nitrogens with zero attached hydrogens (tertiary/aromatic N) is 1. The summed E-state index contributed by atoms with van der Waals surface area (Å²) >= 11 is 0. The van der Waals surface area contributed by atoms with E-state index in [1.165, 1.54) is 0 Å². The molecule has 5 nitrogen and oxygen atoms in total. The van der Waals surface area contributed by atoms with Crippen LogP contribution in [0.2, 0.25) is 0 Å². The van der Waals surface area contributed by atoms with Crippen LogP contribution < -0.4 is 11.1 Å². The monoisotopic (exact) mass is 337 g/mol. The van der Waals surface area contributed by atoms with Crippen LogP contribution in [0.4, 0.5) is 26.3 Å². The number of alkyl halides is 6. The molecule has 0 atom stereocenters. The van der Waals surface area contributed by atoms with Crippen LogP contribution in [0.1, 0.15) is 19.3 Å². The van der Waals surface area contributed by atoms with Gasteiger partial charge in [0.25, 0.3) is 0 Å². The third-order valence-corrected chi connectivity index (χ3v) is 2.52. The van der Waals surface area contributed by atoms with Crippen molar-refractivity contribution in [2.24, 2.45) is 5.73 Å². The fourth-order valence-corrected chi connectivity index (χ4v) is 1.47. The number of nitrogens with one attached hydrogen (secondary N) is 1. The Morgan fingerprint density at radius 3 is 1.73 bits per heavy atom. The Labute approximate surface area is 122 Å². The third-order valence-electron chi connectivity index (χ3n) is 2.52. The van der Waals surface area contributed by atoms with Gasteiger partial charge in [0.15, 0.2) is 0 Å². The lowest BCUT2D eigenvalue weighted by atomic mass is 10.2. The molecule has 3 N–H and O–H groups in total. The van der Waals surface area contributed by atoms with Crippen molar-refractivity contribution in [3.05, 3.63) is 0 Å². The number of halogens is 6. The molecule has 0 aromatic carbocycles. The van der Waals surface area contributed by atoms with Crippen LogP contribution in [0.25, 0.3) is 0 Å². The first-order valence-electron chi connectivity index (χ1n) is 6.42. The van der Waals surface area contributed by atoms with Gasteiger partial charge >= 0.3 is 24.2 Å². The maximum Gasteiger partial charge on any atom is 0.471 e. The molecule has 0 fully saturated rings. The molecule has 0 saturated carbocycles. The Balaban J connectivity index is 4.51. The van der Waals surface area contributed by atoms with Gasteiger partial charge in [-0.15, -0.1) is 0 Å². The molecule has 0 heterocycles. The standard InChI is InChI=1S/C11H17F6N3O2/c12-10(13,14)8(21)20(9(22)11(15,16)17)7-2-1-5-19-6-3-4-18/h19H,1-7,18H2. The number of imide groups is 1. The molecule has 22 heavy (non-hydrogen) atoms. The number of rotatable bonds is 8. The van der Waals surface area contributed by atoms with E-state index in [9.17, 15) is 35.9 Å². The van der Waals surface area contributed by atoms with Crippen LogP contribution in [0.5, 0.6) is 0 Å². The molecule has 0 aromatic rings. The predicted molar refractivity (Wildman–Crippen MR) is 64.6 cm³/mol. The highest BCUT2D eigenvalue weighted by molar-refractivity contribution is 6.00. The van der Waals surface area contributed by atoms with Crippen molar-refractivity contribution in [3.8, 4) is 0 Å². The highest BCUT2D eigenvalue weighted by Gasteiger charge is 2.51. The molecule has 0 aromatic heterocycles. The molecule has 0 aliphatic rings. The minimum atomic E-state index is -5.54.